The van der Waals surface area contributed by atoms with Gasteiger partial charge in [-0.2, -0.15) is 4.98 Å². The van der Waals surface area contributed by atoms with E-state index in [0.717, 1.165) is 61.3 Å². The van der Waals surface area contributed by atoms with Crippen LogP contribution in [-0.4, -0.2) is 60.2 Å². The van der Waals surface area contributed by atoms with E-state index in [4.69, 9.17) is 4.98 Å². The van der Waals surface area contributed by atoms with Crippen molar-refractivity contribution in [3.63, 3.8) is 0 Å². The summed E-state index contributed by atoms with van der Waals surface area (Å²) in [5.74, 6) is 1.82. The van der Waals surface area contributed by atoms with Gasteiger partial charge in [-0.3, -0.25) is 0 Å². The van der Waals surface area contributed by atoms with Gasteiger partial charge in [0.2, 0.25) is 5.95 Å². The third-order valence-electron chi connectivity index (χ3n) is 6.00. The first-order valence-corrected chi connectivity index (χ1v) is 11.1. The van der Waals surface area contributed by atoms with E-state index in [2.05, 4.69) is 39.2 Å². The van der Waals surface area contributed by atoms with Crippen molar-refractivity contribution in [1.82, 2.24) is 14.9 Å². The minimum Gasteiger partial charge on any atom is -0.353 e. The molecule has 2 fully saturated rings. The van der Waals surface area contributed by atoms with Gasteiger partial charge in [-0.1, -0.05) is 25.1 Å². The van der Waals surface area contributed by atoms with Crippen LogP contribution in [0.5, 0.6) is 0 Å². The number of aromatic nitrogens is 2. The number of para-hydroxylation sites is 1. The number of anilines is 3. The number of aryl methyl sites for hydroxylation is 2. The lowest BCUT2D eigenvalue weighted by Gasteiger charge is -2.36. The van der Waals surface area contributed by atoms with E-state index in [1.54, 1.807) is 0 Å². The highest BCUT2D eigenvalue weighted by Gasteiger charge is 2.24. The molecule has 4 rings (SSSR count). The van der Waals surface area contributed by atoms with E-state index in [1.807, 2.05) is 30.0 Å². The molecular weight excluding hydrogens is 376 g/mol. The number of hydrogen-bond donors (Lipinski definition) is 1. The second-order valence-electron chi connectivity index (χ2n) is 8.13. The number of piperidine rings is 1. The Kier molecular flexibility index (Phi) is 6.35. The standard InChI is InChI=1S/C23H32N6O/c1-3-19-9-5-6-10-20(19)25-23(30)29-15-13-27(14-16-29)21-17-18(2)24-22(26-21)28-11-7-4-8-12-28/h5-6,9-10,17H,3-4,7-8,11-16H2,1-2H3,(H,25,30). The smallest absolute Gasteiger partial charge is 0.321 e. The average molecular weight is 409 g/mol. The van der Waals surface area contributed by atoms with Gasteiger partial charge in [-0.15, -0.1) is 0 Å². The third kappa shape index (κ3) is 4.66. The highest BCUT2D eigenvalue weighted by atomic mass is 16.2. The quantitative estimate of drug-likeness (QED) is 0.836. The predicted molar refractivity (Wildman–Crippen MR) is 121 cm³/mol. The minimum atomic E-state index is -0.0246. The molecule has 0 aliphatic carbocycles. The maximum atomic E-state index is 12.8. The molecule has 0 saturated carbocycles. The second kappa shape index (κ2) is 9.32. The number of carbonyl (C=O) groups excluding carboxylic acids is 1. The zero-order valence-corrected chi connectivity index (χ0v) is 18.1. The van der Waals surface area contributed by atoms with Crippen molar-refractivity contribution in [2.45, 2.75) is 39.5 Å². The highest BCUT2D eigenvalue weighted by molar-refractivity contribution is 5.90. The van der Waals surface area contributed by atoms with Crippen LogP contribution in [0, 0.1) is 6.92 Å². The molecule has 0 bridgehead atoms. The second-order valence-corrected chi connectivity index (χ2v) is 8.13. The predicted octanol–water partition coefficient (Wildman–Crippen LogP) is 3.69. The van der Waals surface area contributed by atoms with Crippen molar-refractivity contribution in [3.8, 4) is 0 Å². The van der Waals surface area contributed by atoms with Gasteiger partial charge in [-0.05, 0) is 44.2 Å². The molecule has 0 radical (unpaired) electrons. The lowest BCUT2D eigenvalue weighted by molar-refractivity contribution is 0.208. The number of urea groups is 1. The number of carbonyl (C=O) groups is 1. The number of amides is 2. The zero-order valence-electron chi connectivity index (χ0n) is 18.1. The Morgan fingerprint density at radius 3 is 2.43 bits per heavy atom. The van der Waals surface area contributed by atoms with Crippen LogP contribution >= 0.6 is 0 Å². The van der Waals surface area contributed by atoms with Crippen LogP contribution in [0.25, 0.3) is 0 Å². The van der Waals surface area contributed by atoms with E-state index < -0.39 is 0 Å². The first-order valence-electron chi connectivity index (χ1n) is 11.1. The Labute approximate surface area is 179 Å². The fourth-order valence-electron chi connectivity index (χ4n) is 4.22. The number of hydrogen-bond acceptors (Lipinski definition) is 5. The summed E-state index contributed by atoms with van der Waals surface area (Å²) in [7, 11) is 0. The minimum absolute atomic E-state index is 0.0246. The Bertz CT molecular complexity index is 872. The molecule has 0 spiro atoms. The van der Waals surface area contributed by atoms with E-state index in [-0.39, 0.29) is 6.03 Å². The number of rotatable bonds is 4. The monoisotopic (exact) mass is 408 g/mol. The van der Waals surface area contributed by atoms with Crippen molar-refractivity contribution in [3.05, 3.63) is 41.6 Å². The van der Waals surface area contributed by atoms with Crippen molar-refractivity contribution < 1.29 is 4.79 Å². The summed E-state index contributed by atoms with van der Waals surface area (Å²) in [5, 5.41) is 3.08. The molecule has 1 aromatic carbocycles. The molecule has 0 atom stereocenters. The fraction of sp³-hybridized carbons (Fsp3) is 0.522. The Hall–Kier alpha value is -2.83. The lowest BCUT2D eigenvalue weighted by atomic mass is 10.1. The molecule has 0 unspecified atom stereocenters. The molecule has 2 aliphatic rings. The van der Waals surface area contributed by atoms with Gasteiger partial charge in [0.15, 0.2) is 0 Å². The summed E-state index contributed by atoms with van der Waals surface area (Å²) in [5.41, 5.74) is 3.06. The number of benzene rings is 1. The molecule has 30 heavy (non-hydrogen) atoms. The van der Waals surface area contributed by atoms with E-state index in [9.17, 15) is 4.79 Å². The number of piperazine rings is 1. The summed E-state index contributed by atoms with van der Waals surface area (Å²) < 4.78 is 0. The topological polar surface area (TPSA) is 64.6 Å². The first kappa shape index (κ1) is 20.4. The SMILES string of the molecule is CCc1ccccc1NC(=O)N1CCN(c2cc(C)nc(N3CCCCC3)n2)CC1. The lowest BCUT2D eigenvalue weighted by Crippen LogP contribution is -2.50. The maximum absolute atomic E-state index is 12.8. The van der Waals surface area contributed by atoms with Crippen LogP contribution in [0.3, 0.4) is 0 Å². The fourth-order valence-corrected chi connectivity index (χ4v) is 4.22. The van der Waals surface area contributed by atoms with Gasteiger partial charge in [0.05, 0.1) is 0 Å². The molecule has 3 heterocycles. The molecule has 160 valence electrons. The molecule has 2 saturated heterocycles. The van der Waals surface area contributed by atoms with Gasteiger partial charge >= 0.3 is 6.03 Å². The summed E-state index contributed by atoms with van der Waals surface area (Å²) in [6.45, 7) is 9.13. The van der Waals surface area contributed by atoms with Crippen LogP contribution in [0.4, 0.5) is 22.2 Å². The van der Waals surface area contributed by atoms with Crippen LogP contribution in [0.1, 0.15) is 37.4 Å². The van der Waals surface area contributed by atoms with Gasteiger partial charge in [0.1, 0.15) is 5.82 Å². The summed E-state index contributed by atoms with van der Waals surface area (Å²) in [4.78, 5) is 28.8. The van der Waals surface area contributed by atoms with Crippen molar-refractivity contribution in [2.24, 2.45) is 0 Å². The maximum Gasteiger partial charge on any atom is 0.321 e. The molecule has 7 nitrogen and oxygen atoms in total. The van der Waals surface area contributed by atoms with Crippen LogP contribution < -0.4 is 15.1 Å². The highest BCUT2D eigenvalue weighted by Crippen LogP contribution is 2.22. The summed E-state index contributed by atoms with van der Waals surface area (Å²) in [6.07, 6.45) is 4.61. The number of nitrogens with one attached hydrogen (secondary N) is 1. The van der Waals surface area contributed by atoms with Crippen molar-refractivity contribution in [2.75, 3.05) is 54.4 Å². The molecule has 7 heteroatoms. The number of nitrogens with zero attached hydrogens (tertiary/aromatic N) is 5. The van der Waals surface area contributed by atoms with E-state index >= 15 is 0 Å². The summed E-state index contributed by atoms with van der Waals surface area (Å²) >= 11 is 0. The van der Waals surface area contributed by atoms with Gasteiger partial charge in [0, 0.05) is 56.7 Å². The van der Waals surface area contributed by atoms with E-state index in [0.29, 0.717) is 13.1 Å². The first-order chi connectivity index (χ1) is 14.6. The Morgan fingerprint density at radius 2 is 1.70 bits per heavy atom. The van der Waals surface area contributed by atoms with Crippen LogP contribution in [-0.2, 0) is 6.42 Å². The van der Waals surface area contributed by atoms with Crippen LogP contribution in [0.15, 0.2) is 30.3 Å². The Balaban J connectivity index is 1.38. The van der Waals surface area contributed by atoms with Gasteiger partial charge in [-0.25, -0.2) is 9.78 Å². The molecule has 2 aromatic rings. The largest absolute Gasteiger partial charge is 0.353 e. The van der Waals surface area contributed by atoms with Crippen LogP contribution in [0.2, 0.25) is 0 Å². The van der Waals surface area contributed by atoms with E-state index in [1.165, 1.54) is 19.3 Å². The molecule has 1 N–H and O–H groups in total. The molecule has 2 aliphatic heterocycles. The third-order valence-corrected chi connectivity index (χ3v) is 6.00. The summed E-state index contributed by atoms with van der Waals surface area (Å²) in [6, 6.07) is 10.0. The van der Waals surface area contributed by atoms with Gasteiger partial charge in [0.25, 0.3) is 0 Å². The van der Waals surface area contributed by atoms with Gasteiger partial charge < -0.3 is 20.0 Å². The zero-order chi connectivity index (χ0) is 20.9. The molecular formula is C23H32N6O. The average Bonchev–Trinajstić information content (AvgIpc) is 2.79. The molecule has 2 amide bonds. The van der Waals surface area contributed by atoms with Crippen molar-refractivity contribution >= 4 is 23.5 Å². The molecule has 1 aromatic heterocycles. The normalized spacial score (nSPS) is 17.2. The Morgan fingerprint density at radius 1 is 0.967 bits per heavy atom. The van der Waals surface area contributed by atoms with Crippen molar-refractivity contribution in [1.29, 1.82) is 0 Å².